The summed E-state index contributed by atoms with van der Waals surface area (Å²) >= 11 is 3.28. The van der Waals surface area contributed by atoms with Crippen LogP contribution in [0.15, 0.2) is 0 Å². The molecule has 0 heterocycles. The van der Waals surface area contributed by atoms with Gasteiger partial charge < -0.3 is 4.79 Å². The lowest BCUT2D eigenvalue weighted by molar-refractivity contribution is -0.107. The number of alkyl halides is 1. The zero-order chi connectivity index (χ0) is 8.53. The quantitative estimate of drug-likeness (QED) is 0.366. The molecule has 0 aliphatic rings. The van der Waals surface area contributed by atoms with E-state index in [0.29, 0.717) is 0 Å². The Labute approximate surface area is 77.7 Å². The number of carbonyl (C=O) groups excluding carboxylic acids is 1. The SMILES string of the molecule is CCCCCCCC(Br)C=O. The molecule has 0 amide bonds. The summed E-state index contributed by atoms with van der Waals surface area (Å²) in [5.41, 5.74) is 0. The Morgan fingerprint density at radius 2 is 1.91 bits per heavy atom. The Bertz CT molecular complexity index is 93.6. The number of unbranched alkanes of at least 4 members (excludes halogenated alkanes) is 4. The summed E-state index contributed by atoms with van der Waals surface area (Å²) in [6, 6.07) is 0. The third-order valence-corrected chi connectivity index (χ3v) is 2.40. The number of hydrogen-bond donors (Lipinski definition) is 0. The summed E-state index contributed by atoms with van der Waals surface area (Å²) in [4.78, 5) is 10.3. The van der Waals surface area contributed by atoms with Crippen molar-refractivity contribution >= 4 is 22.2 Å². The molecule has 66 valence electrons. The molecule has 0 fully saturated rings. The molecular weight excluding hydrogens is 204 g/mol. The van der Waals surface area contributed by atoms with Gasteiger partial charge in [-0.1, -0.05) is 55.0 Å². The van der Waals surface area contributed by atoms with Crippen LogP contribution in [-0.2, 0) is 4.79 Å². The van der Waals surface area contributed by atoms with E-state index in [9.17, 15) is 4.79 Å². The first kappa shape index (κ1) is 11.2. The van der Waals surface area contributed by atoms with Crippen LogP contribution in [-0.4, -0.2) is 11.1 Å². The molecule has 0 aliphatic heterocycles. The summed E-state index contributed by atoms with van der Waals surface area (Å²) in [5.74, 6) is 0. The smallest absolute Gasteiger partial charge is 0.133 e. The van der Waals surface area contributed by atoms with Gasteiger partial charge in [-0.25, -0.2) is 0 Å². The molecule has 0 radical (unpaired) electrons. The van der Waals surface area contributed by atoms with Crippen molar-refractivity contribution in [3.63, 3.8) is 0 Å². The first-order valence-corrected chi connectivity index (χ1v) is 5.32. The maximum Gasteiger partial charge on any atom is 0.133 e. The van der Waals surface area contributed by atoms with Crippen molar-refractivity contribution < 1.29 is 4.79 Å². The van der Waals surface area contributed by atoms with Gasteiger partial charge in [0, 0.05) is 0 Å². The van der Waals surface area contributed by atoms with E-state index in [2.05, 4.69) is 22.9 Å². The standard InChI is InChI=1S/C9H17BrO/c1-2-3-4-5-6-7-9(10)8-11/h8-9H,2-7H2,1H3. The van der Waals surface area contributed by atoms with Gasteiger partial charge in [0.05, 0.1) is 4.83 Å². The molecule has 0 aliphatic carbocycles. The van der Waals surface area contributed by atoms with E-state index in [1.54, 1.807) is 0 Å². The number of hydrogen-bond acceptors (Lipinski definition) is 1. The van der Waals surface area contributed by atoms with E-state index in [1.165, 1.54) is 32.1 Å². The Kier molecular flexibility index (Phi) is 8.36. The molecule has 0 saturated heterocycles. The molecule has 0 bridgehead atoms. The van der Waals surface area contributed by atoms with Gasteiger partial charge in [0.25, 0.3) is 0 Å². The summed E-state index contributed by atoms with van der Waals surface area (Å²) in [5, 5.41) is 0. The second-order valence-corrected chi connectivity index (χ2v) is 4.03. The highest BCUT2D eigenvalue weighted by Crippen LogP contribution is 2.10. The van der Waals surface area contributed by atoms with Crippen LogP contribution >= 0.6 is 15.9 Å². The van der Waals surface area contributed by atoms with Crippen molar-refractivity contribution in [1.29, 1.82) is 0 Å². The monoisotopic (exact) mass is 220 g/mol. The van der Waals surface area contributed by atoms with Crippen LogP contribution in [0.1, 0.15) is 45.4 Å². The highest BCUT2D eigenvalue weighted by Gasteiger charge is 1.99. The molecule has 0 aromatic heterocycles. The predicted octanol–water partition coefficient (Wildman–Crippen LogP) is 3.31. The lowest BCUT2D eigenvalue weighted by Crippen LogP contribution is -1.97. The van der Waals surface area contributed by atoms with Gasteiger partial charge in [0.2, 0.25) is 0 Å². The van der Waals surface area contributed by atoms with Crippen LogP contribution in [0.4, 0.5) is 0 Å². The molecule has 0 N–H and O–H groups in total. The highest BCUT2D eigenvalue weighted by atomic mass is 79.9. The second kappa shape index (κ2) is 8.25. The van der Waals surface area contributed by atoms with Gasteiger partial charge in [-0.2, -0.15) is 0 Å². The lowest BCUT2D eigenvalue weighted by atomic mass is 10.1. The van der Waals surface area contributed by atoms with E-state index < -0.39 is 0 Å². The minimum absolute atomic E-state index is 0.0872. The summed E-state index contributed by atoms with van der Waals surface area (Å²) < 4.78 is 0. The van der Waals surface area contributed by atoms with Crippen LogP contribution in [0, 0.1) is 0 Å². The normalized spacial score (nSPS) is 12.9. The summed E-state index contributed by atoms with van der Waals surface area (Å²) in [6.45, 7) is 2.21. The van der Waals surface area contributed by atoms with Crippen molar-refractivity contribution in [2.45, 2.75) is 50.3 Å². The van der Waals surface area contributed by atoms with Crippen molar-refractivity contribution in [3.05, 3.63) is 0 Å². The van der Waals surface area contributed by atoms with Crippen LogP contribution in [0.25, 0.3) is 0 Å². The molecule has 1 atom stereocenters. The molecule has 1 nitrogen and oxygen atoms in total. The molecule has 2 heteroatoms. The number of aldehydes is 1. The molecule has 11 heavy (non-hydrogen) atoms. The molecule has 0 aromatic rings. The van der Waals surface area contributed by atoms with Crippen LogP contribution < -0.4 is 0 Å². The predicted molar refractivity (Wildman–Crippen MR) is 52.2 cm³/mol. The third kappa shape index (κ3) is 8.05. The average molecular weight is 221 g/mol. The van der Waals surface area contributed by atoms with Gasteiger partial charge >= 0.3 is 0 Å². The topological polar surface area (TPSA) is 17.1 Å². The summed E-state index contributed by atoms with van der Waals surface area (Å²) in [6.07, 6.45) is 8.33. The zero-order valence-corrected chi connectivity index (χ0v) is 8.77. The molecule has 0 aromatic carbocycles. The second-order valence-electron chi connectivity index (χ2n) is 2.85. The molecule has 0 rings (SSSR count). The van der Waals surface area contributed by atoms with Crippen LogP contribution in [0.2, 0.25) is 0 Å². The molecule has 0 saturated carbocycles. The Hall–Kier alpha value is 0.150. The van der Waals surface area contributed by atoms with E-state index in [0.717, 1.165) is 12.7 Å². The average Bonchev–Trinajstić information content (AvgIpc) is 2.04. The zero-order valence-electron chi connectivity index (χ0n) is 7.18. The van der Waals surface area contributed by atoms with Crippen LogP contribution in [0.3, 0.4) is 0 Å². The maximum absolute atomic E-state index is 10.2. The van der Waals surface area contributed by atoms with Gasteiger partial charge in [-0.05, 0) is 6.42 Å². The number of rotatable bonds is 7. The Morgan fingerprint density at radius 1 is 1.27 bits per heavy atom. The molecule has 1 unspecified atom stereocenters. The third-order valence-electron chi connectivity index (χ3n) is 1.73. The first-order valence-electron chi connectivity index (χ1n) is 4.40. The van der Waals surface area contributed by atoms with Crippen molar-refractivity contribution in [1.82, 2.24) is 0 Å². The van der Waals surface area contributed by atoms with Crippen molar-refractivity contribution in [3.8, 4) is 0 Å². The summed E-state index contributed by atoms with van der Waals surface area (Å²) in [7, 11) is 0. The van der Waals surface area contributed by atoms with Gasteiger partial charge in [0.1, 0.15) is 6.29 Å². The Balaban J connectivity index is 2.95. The fourth-order valence-corrected chi connectivity index (χ4v) is 1.33. The van der Waals surface area contributed by atoms with E-state index >= 15 is 0 Å². The fourth-order valence-electron chi connectivity index (χ4n) is 1.01. The van der Waals surface area contributed by atoms with Crippen molar-refractivity contribution in [2.24, 2.45) is 0 Å². The van der Waals surface area contributed by atoms with Gasteiger partial charge in [0.15, 0.2) is 0 Å². The van der Waals surface area contributed by atoms with Crippen LogP contribution in [0.5, 0.6) is 0 Å². The van der Waals surface area contributed by atoms with E-state index in [4.69, 9.17) is 0 Å². The first-order chi connectivity index (χ1) is 5.31. The van der Waals surface area contributed by atoms with Crippen molar-refractivity contribution in [2.75, 3.05) is 0 Å². The largest absolute Gasteiger partial charge is 0.302 e. The Morgan fingerprint density at radius 3 is 2.45 bits per heavy atom. The van der Waals surface area contributed by atoms with E-state index in [1.807, 2.05) is 0 Å². The lowest BCUT2D eigenvalue weighted by Gasteiger charge is -2.00. The minimum atomic E-state index is 0.0872. The minimum Gasteiger partial charge on any atom is -0.302 e. The van der Waals surface area contributed by atoms with Gasteiger partial charge in [-0.15, -0.1) is 0 Å². The molecule has 0 spiro atoms. The maximum atomic E-state index is 10.2. The van der Waals surface area contributed by atoms with E-state index in [-0.39, 0.29) is 4.83 Å². The highest BCUT2D eigenvalue weighted by molar-refractivity contribution is 9.09. The fraction of sp³-hybridized carbons (Fsp3) is 0.889. The van der Waals surface area contributed by atoms with Gasteiger partial charge in [-0.3, -0.25) is 0 Å². The molecular formula is C9H17BrO. The number of halogens is 1. The number of carbonyl (C=O) groups is 1.